The summed E-state index contributed by atoms with van der Waals surface area (Å²) >= 11 is 0. The number of hydrogen-bond donors (Lipinski definition) is 0. The smallest absolute Gasteiger partial charge is 0.273 e. The van der Waals surface area contributed by atoms with Gasteiger partial charge in [-0.2, -0.15) is 0 Å². The number of nitro benzene ring substituents is 1. The third-order valence-electron chi connectivity index (χ3n) is 4.05. The number of ether oxygens (including phenoxy) is 2. The number of amides is 1. The SMILES string of the molecule is CCCN(Cc1ccc(C)cc1)C(=O)COc1cc([N+](=O)[O-])ccc1OC. The van der Waals surface area contributed by atoms with Crippen LogP contribution in [0, 0.1) is 17.0 Å². The molecule has 0 aliphatic rings. The predicted molar refractivity (Wildman–Crippen MR) is 102 cm³/mol. The van der Waals surface area contributed by atoms with E-state index in [9.17, 15) is 14.9 Å². The fourth-order valence-electron chi connectivity index (χ4n) is 2.60. The summed E-state index contributed by atoms with van der Waals surface area (Å²) in [5.41, 5.74) is 2.08. The van der Waals surface area contributed by atoms with Gasteiger partial charge in [0.15, 0.2) is 18.1 Å². The van der Waals surface area contributed by atoms with E-state index in [1.54, 1.807) is 4.90 Å². The molecule has 7 heteroatoms. The Labute approximate surface area is 158 Å². The molecule has 0 aliphatic heterocycles. The van der Waals surface area contributed by atoms with Crippen LogP contribution in [0.4, 0.5) is 5.69 Å². The second kappa shape index (κ2) is 9.56. The van der Waals surface area contributed by atoms with Crippen molar-refractivity contribution in [3.05, 3.63) is 63.7 Å². The maximum atomic E-state index is 12.6. The first-order chi connectivity index (χ1) is 12.9. The average molecular weight is 372 g/mol. The zero-order valence-electron chi connectivity index (χ0n) is 15.8. The molecule has 0 atom stereocenters. The van der Waals surface area contributed by atoms with Crippen molar-refractivity contribution in [2.45, 2.75) is 26.8 Å². The zero-order chi connectivity index (χ0) is 19.8. The Hall–Kier alpha value is -3.09. The van der Waals surface area contributed by atoms with Gasteiger partial charge in [0.2, 0.25) is 0 Å². The van der Waals surface area contributed by atoms with Crippen molar-refractivity contribution >= 4 is 11.6 Å². The second-order valence-electron chi connectivity index (χ2n) is 6.18. The highest BCUT2D eigenvalue weighted by Crippen LogP contribution is 2.31. The third-order valence-corrected chi connectivity index (χ3v) is 4.05. The number of nitro groups is 1. The van der Waals surface area contributed by atoms with Gasteiger partial charge in [-0.05, 0) is 25.0 Å². The van der Waals surface area contributed by atoms with E-state index in [1.807, 2.05) is 38.1 Å². The van der Waals surface area contributed by atoms with Crippen LogP contribution < -0.4 is 9.47 Å². The molecule has 1 amide bonds. The van der Waals surface area contributed by atoms with Gasteiger partial charge in [0.25, 0.3) is 11.6 Å². The van der Waals surface area contributed by atoms with Crippen molar-refractivity contribution in [3.8, 4) is 11.5 Å². The standard InChI is InChI=1S/C20H24N2O5/c1-4-11-21(13-16-7-5-15(2)6-8-16)20(23)14-27-19-12-17(22(24)25)9-10-18(19)26-3/h5-10,12H,4,11,13-14H2,1-3H3. The lowest BCUT2D eigenvalue weighted by Crippen LogP contribution is -2.35. The number of benzene rings is 2. The van der Waals surface area contributed by atoms with Crippen molar-refractivity contribution < 1.29 is 19.2 Å². The van der Waals surface area contributed by atoms with Gasteiger partial charge in [-0.3, -0.25) is 14.9 Å². The van der Waals surface area contributed by atoms with E-state index < -0.39 is 4.92 Å². The number of hydrogen-bond acceptors (Lipinski definition) is 5. The van der Waals surface area contributed by atoms with Crippen LogP contribution in [-0.4, -0.2) is 36.0 Å². The lowest BCUT2D eigenvalue weighted by Gasteiger charge is -2.22. The van der Waals surface area contributed by atoms with Crippen LogP contribution in [0.15, 0.2) is 42.5 Å². The Kier molecular flexibility index (Phi) is 7.16. The molecule has 0 radical (unpaired) electrons. The molecular weight excluding hydrogens is 348 g/mol. The molecule has 144 valence electrons. The Morgan fingerprint density at radius 3 is 2.44 bits per heavy atom. The van der Waals surface area contributed by atoms with Gasteiger partial charge in [-0.25, -0.2) is 0 Å². The summed E-state index contributed by atoms with van der Waals surface area (Å²) < 4.78 is 10.7. The van der Waals surface area contributed by atoms with E-state index in [0.717, 1.165) is 17.5 Å². The number of nitrogens with zero attached hydrogens (tertiary/aromatic N) is 2. The molecule has 2 aromatic rings. The summed E-state index contributed by atoms with van der Waals surface area (Å²) in [4.78, 5) is 24.8. The van der Waals surface area contributed by atoms with E-state index in [2.05, 4.69) is 0 Å². The maximum Gasteiger partial charge on any atom is 0.273 e. The lowest BCUT2D eigenvalue weighted by molar-refractivity contribution is -0.385. The number of aryl methyl sites for hydroxylation is 1. The van der Waals surface area contributed by atoms with Crippen LogP contribution in [0.3, 0.4) is 0 Å². The van der Waals surface area contributed by atoms with Gasteiger partial charge >= 0.3 is 0 Å². The van der Waals surface area contributed by atoms with Crippen molar-refractivity contribution in [1.29, 1.82) is 0 Å². The highest BCUT2D eigenvalue weighted by atomic mass is 16.6. The van der Waals surface area contributed by atoms with E-state index >= 15 is 0 Å². The summed E-state index contributed by atoms with van der Waals surface area (Å²) in [6.45, 7) is 4.88. The van der Waals surface area contributed by atoms with Crippen LogP contribution >= 0.6 is 0 Å². The molecule has 0 aromatic heterocycles. The van der Waals surface area contributed by atoms with Crippen LogP contribution in [0.1, 0.15) is 24.5 Å². The van der Waals surface area contributed by atoms with Gasteiger partial charge < -0.3 is 14.4 Å². The van der Waals surface area contributed by atoms with Crippen molar-refractivity contribution in [1.82, 2.24) is 4.90 Å². The first-order valence-corrected chi connectivity index (χ1v) is 8.73. The minimum Gasteiger partial charge on any atom is -0.493 e. The van der Waals surface area contributed by atoms with E-state index in [0.29, 0.717) is 18.8 Å². The van der Waals surface area contributed by atoms with E-state index in [1.165, 1.54) is 25.3 Å². The van der Waals surface area contributed by atoms with E-state index in [4.69, 9.17) is 9.47 Å². The van der Waals surface area contributed by atoms with Gasteiger partial charge in [-0.15, -0.1) is 0 Å². The van der Waals surface area contributed by atoms with Crippen LogP contribution in [-0.2, 0) is 11.3 Å². The lowest BCUT2D eigenvalue weighted by atomic mass is 10.1. The van der Waals surface area contributed by atoms with Gasteiger partial charge in [-0.1, -0.05) is 36.8 Å². The largest absolute Gasteiger partial charge is 0.493 e. The molecule has 0 aliphatic carbocycles. The molecule has 2 rings (SSSR count). The number of carbonyl (C=O) groups excluding carboxylic acids is 1. The fraction of sp³-hybridized carbons (Fsp3) is 0.350. The van der Waals surface area contributed by atoms with Gasteiger partial charge in [0.05, 0.1) is 18.1 Å². The molecule has 27 heavy (non-hydrogen) atoms. The summed E-state index contributed by atoms with van der Waals surface area (Å²) in [6, 6.07) is 12.0. The average Bonchev–Trinajstić information content (AvgIpc) is 2.67. The second-order valence-corrected chi connectivity index (χ2v) is 6.18. The Morgan fingerprint density at radius 2 is 1.85 bits per heavy atom. The van der Waals surface area contributed by atoms with Crippen molar-refractivity contribution in [3.63, 3.8) is 0 Å². The number of non-ortho nitro benzene ring substituents is 1. The Balaban J connectivity index is 2.08. The van der Waals surface area contributed by atoms with Crippen LogP contribution in [0.25, 0.3) is 0 Å². The zero-order valence-corrected chi connectivity index (χ0v) is 15.8. The highest BCUT2D eigenvalue weighted by molar-refractivity contribution is 5.78. The molecule has 0 fully saturated rings. The summed E-state index contributed by atoms with van der Waals surface area (Å²) in [5, 5.41) is 10.9. The number of rotatable bonds is 9. The van der Waals surface area contributed by atoms with Gasteiger partial charge in [0, 0.05) is 19.2 Å². The Bertz CT molecular complexity index is 789. The molecule has 7 nitrogen and oxygen atoms in total. The summed E-state index contributed by atoms with van der Waals surface area (Å²) in [6.07, 6.45) is 0.817. The first kappa shape index (κ1) is 20.2. The van der Waals surface area contributed by atoms with Crippen LogP contribution in [0.5, 0.6) is 11.5 Å². The highest BCUT2D eigenvalue weighted by Gasteiger charge is 2.17. The third kappa shape index (κ3) is 5.70. The summed E-state index contributed by atoms with van der Waals surface area (Å²) in [7, 11) is 1.44. The fourth-order valence-corrected chi connectivity index (χ4v) is 2.60. The molecular formula is C20H24N2O5. The molecule has 0 spiro atoms. The molecule has 0 saturated carbocycles. The van der Waals surface area contributed by atoms with Crippen molar-refractivity contribution in [2.75, 3.05) is 20.3 Å². The van der Waals surface area contributed by atoms with Gasteiger partial charge in [0.1, 0.15) is 0 Å². The minimum absolute atomic E-state index is 0.122. The molecule has 0 saturated heterocycles. The summed E-state index contributed by atoms with van der Waals surface area (Å²) in [5.74, 6) is 0.326. The topological polar surface area (TPSA) is 81.9 Å². The normalized spacial score (nSPS) is 10.3. The van der Waals surface area contributed by atoms with Crippen LogP contribution in [0.2, 0.25) is 0 Å². The van der Waals surface area contributed by atoms with E-state index in [-0.39, 0.29) is 24.0 Å². The molecule has 2 aromatic carbocycles. The monoisotopic (exact) mass is 372 g/mol. The predicted octanol–water partition coefficient (Wildman–Crippen LogP) is 3.73. The first-order valence-electron chi connectivity index (χ1n) is 8.73. The Morgan fingerprint density at radius 1 is 1.15 bits per heavy atom. The quantitative estimate of drug-likeness (QED) is 0.495. The molecule has 0 N–H and O–H groups in total. The number of methoxy groups -OCH3 is 1. The number of carbonyl (C=O) groups is 1. The molecule has 0 heterocycles. The van der Waals surface area contributed by atoms with Crippen molar-refractivity contribution in [2.24, 2.45) is 0 Å². The molecule has 0 unspecified atom stereocenters. The maximum absolute atomic E-state index is 12.6. The minimum atomic E-state index is -0.519. The molecule has 0 bridgehead atoms.